The predicted octanol–water partition coefficient (Wildman–Crippen LogP) is 2.43. The Kier molecular flexibility index (Phi) is 8.42. The van der Waals surface area contributed by atoms with E-state index >= 15 is 4.55 Å². The van der Waals surface area contributed by atoms with Crippen molar-refractivity contribution >= 4 is 23.1 Å². The highest BCUT2D eigenvalue weighted by atomic mass is 32.2. The molecular formula is C39H43N3O12S. The van der Waals surface area contributed by atoms with Crippen LogP contribution < -0.4 is 29.0 Å². The number of rotatable bonds is 3. The van der Waals surface area contributed by atoms with Crippen LogP contribution in [0, 0.1) is 13.8 Å². The summed E-state index contributed by atoms with van der Waals surface area (Å²) >= 11 is -2.06. The van der Waals surface area contributed by atoms with Gasteiger partial charge >= 0.3 is 11.9 Å². The standard InChI is InChI=1S/C39H43N3O12S/c1-16-9-20-10-22-37(46)42-23-13-51-38(47)39(21-12-25(49-5)24(44)11-19(21)7-8-40-39)14-55(48)36(30(42)29(41(22)4)26(20)31(45)32(16)50-6)28-27(23)35-34(52-15-53-35)17(2)33(28)54-18(3)43/h9,11-12,22-23,29-30,36-37,40,44-46H,7-8,10,13-15H2,1-6H3/t22-,23+,29+,30-,36-,37+,39-,55?/m1/s1. The van der Waals surface area contributed by atoms with Crippen LogP contribution in [-0.4, -0.2) is 107 Å². The van der Waals surface area contributed by atoms with Crippen LogP contribution in [0.15, 0.2) is 18.2 Å². The number of hydrogen-bond donors (Lipinski definition) is 4. The summed E-state index contributed by atoms with van der Waals surface area (Å²) in [6.45, 7) is 4.77. The lowest BCUT2D eigenvalue weighted by Gasteiger charge is -2.61. The van der Waals surface area contributed by atoms with Gasteiger partial charge in [-0.15, -0.1) is 0 Å². The van der Waals surface area contributed by atoms with E-state index in [1.54, 1.807) is 19.1 Å². The second kappa shape index (κ2) is 12.8. The summed E-state index contributed by atoms with van der Waals surface area (Å²) in [5, 5.41) is 37.6. The highest BCUT2D eigenvalue weighted by Gasteiger charge is 2.65. The summed E-state index contributed by atoms with van der Waals surface area (Å²) in [6, 6.07) is 2.16. The van der Waals surface area contributed by atoms with Crippen LogP contribution in [0.4, 0.5) is 0 Å². The summed E-state index contributed by atoms with van der Waals surface area (Å²) in [5.41, 5.74) is 2.93. The molecule has 8 atom stereocenters. The van der Waals surface area contributed by atoms with E-state index in [4.69, 9.17) is 28.4 Å². The van der Waals surface area contributed by atoms with Crippen LogP contribution >= 0.6 is 0 Å². The molecule has 55 heavy (non-hydrogen) atoms. The van der Waals surface area contributed by atoms with E-state index in [1.807, 2.05) is 29.8 Å². The number of phenolic OH excluding ortho intramolecular Hbond substituents is 2. The predicted molar refractivity (Wildman–Crippen MR) is 195 cm³/mol. The number of aryl methyl sites for hydroxylation is 1. The Balaban J connectivity index is 1.35. The number of esters is 2. The minimum atomic E-state index is -2.06. The van der Waals surface area contributed by atoms with Crippen LogP contribution in [-0.2, 0) is 43.9 Å². The molecule has 16 heteroatoms. The number of methoxy groups -OCH3 is 2. The molecule has 292 valence electrons. The van der Waals surface area contributed by atoms with Crippen molar-refractivity contribution in [1.82, 2.24) is 15.1 Å². The minimum absolute atomic E-state index is 0.0529. The number of aliphatic hydroxyl groups is 1. The monoisotopic (exact) mass is 777 g/mol. The maximum atomic E-state index is 15.9. The van der Waals surface area contributed by atoms with Crippen molar-refractivity contribution in [2.45, 2.75) is 74.8 Å². The molecule has 15 nitrogen and oxygen atoms in total. The van der Waals surface area contributed by atoms with Crippen molar-refractivity contribution in [3.8, 4) is 40.2 Å². The number of nitrogens with one attached hydrogen (secondary N) is 1. The summed E-state index contributed by atoms with van der Waals surface area (Å²) < 4.78 is 51.5. The Hall–Kier alpha value is -4.45. The van der Waals surface area contributed by atoms with Crippen LogP contribution in [0.25, 0.3) is 0 Å². The normalized spacial score (nSPS) is 30.5. The van der Waals surface area contributed by atoms with Crippen molar-refractivity contribution in [3.63, 3.8) is 0 Å². The average molecular weight is 778 g/mol. The third-order valence-electron chi connectivity index (χ3n) is 12.4. The van der Waals surface area contributed by atoms with Crippen LogP contribution in [0.2, 0.25) is 0 Å². The number of carbonyl (C=O) groups excluding carboxylic acids is 2. The number of aliphatic hydroxyl groups excluding tert-OH is 1. The van der Waals surface area contributed by atoms with Crippen molar-refractivity contribution in [1.29, 1.82) is 0 Å². The fourth-order valence-corrected chi connectivity index (χ4v) is 12.3. The fraction of sp³-hybridized carbons (Fsp3) is 0.487. The van der Waals surface area contributed by atoms with E-state index in [1.165, 1.54) is 21.1 Å². The lowest BCUT2D eigenvalue weighted by atomic mass is 9.73. The average Bonchev–Trinajstić information content (AvgIpc) is 3.64. The van der Waals surface area contributed by atoms with Crippen molar-refractivity contribution in [2.24, 2.45) is 0 Å². The second-order valence-electron chi connectivity index (χ2n) is 15.1. The lowest BCUT2D eigenvalue weighted by Crippen LogP contribution is -2.71. The number of nitrogens with zero attached hydrogens (tertiary/aromatic N) is 2. The van der Waals surface area contributed by atoms with Gasteiger partial charge in [0.05, 0.1) is 44.0 Å². The number of piperazine rings is 1. The van der Waals surface area contributed by atoms with E-state index in [-0.39, 0.29) is 42.2 Å². The third kappa shape index (κ3) is 4.94. The van der Waals surface area contributed by atoms with Crippen LogP contribution in [0.1, 0.15) is 68.8 Å². The Morgan fingerprint density at radius 1 is 1.04 bits per heavy atom. The maximum absolute atomic E-state index is 15.9. The first kappa shape index (κ1) is 36.2. The summed E-state index contributed by atoms with van der Waals surface area (Å²) in [7, 11) is 4.78. The molecule has 1 spiro atoms. The van der Waals surface area contributed by atoms with Gasteiger partial charge in [0, 0.05) is 30.2 Å². The molecule has 7 heterocycles. The quantitative estimate of drug-likeness (QED) is 0.172. The second-order valence-corrected chi connectivity index (χ2v) is 16.7. The molecule has 4 N–H and O–H groups in total. The molecule has 0 aliphatic carbocycles. The van der Waals surface area contributed by atoms with Gasteiger partial charge in [0.25, 0.3) is 0 Å². The molecule has 7 aliphatic heterocycles. The Labute approximate surface area is 320 Å². The smallest absolute Gasteiger partial charge is 0.336 e. The molecule has 2 saturated heterocycles. The van der Waals surface area contributed by atoms with Gasteiger partial charge in [-0.3, -0.25) is 19.9 Å². The van der Waals surface area contributed by atoms with Gasteiger partial charge in [0.2, 0.25) is 6.79 Å². The number of hydrogen-bond acceptors (Lipinski definition) is 15. The Morgan fingerprint density at radius 3 is 2.53 bits per heavy atom. The first-order chi connectivity index (χ1) is 26.3. The van der Waals surface area contributed by atoms with E-state index in [9.17, 15) is 24.9 Å². The molecule has 4 bridgehead atoms. The molecule has 3 aromatic carbocycles. The van der Waals surface area contributed by atoms with Crippen molar-refractivity contribution in [3.05, 3.63) is 62.7 Å². The number of ether oxygens (including phenoxy) is 6. The first-order valence-corrected chi connectivity index (χ1v) is 19.6. The van der Waals surface area contributed by atoms with Gasteiger partial charge in [-0.05, 0) is 79.3 Å². The number of fused-ring (bicyclic) bond motifs is 9. The van der Waals surface area contributed by atoms with Gasteiger partial charge in [0.1, 0.15) is 24.3 Å². The molecule has 0 saturated carbocycles. The van der Waals surface area contributed by atoms with Gasteiger partial charge in [-0.25, -0.2) is 4.79 Å². The highest BCUT2D eigenvalue weighted by molar-refractivity contribution is 7.91. The molecule has 1 unspecified atom stereocenters. The van der Waals surface area contributed by atoms with Crippen molar-refractivity contribution < 1.29 is 57.9 Å². The molecule has 2 fully saturated rings. The number of phenols is 2. The van der Waals surface area contributed by atoms with E-state index in [0.29, 0.717) is 70.0 Å². The Morgan fingerprint density at radius 2 is 1.80 bits per heavy atom. The van der Waals surface area contributed by atoms with Crippen LogP contribution in [0.3, 0.4) is 0 Å². The topological polar surface area (TPSA) is 192 Å². The van der Waals surface area contributed by atoms with Gasteiger partial charge in [-0.2, -0.15) is 0 Å². The largest absolute Gasteiger partial charge is 0.616 e. The highest BCUT2D eigenvalue weighted by Crippen LogP contribution is 2.63. The van der Waals surface area contributed by atoms with E-state index < -0.39 is 64.3 Å². The zero-order valence-electron chi connectivity index (χ0n) is 31.3. The summed E-state index contributed by atoms with van der Waals surface area (Å²) in [6.07, 6.45) is -0.330. The van der Waals surface area contributed by atoms with Crippen LogP contribution in [0.5, 0.6) is 40.2 Å². The summed E-state index contributed by atoms with van der Waals surface area (Å²) in [5.74, 6) is -0.492. The van der Waals surface area contributed by atoms with Gasteiger partial charge in [0.15, 0.2) is 45.3 Å². The number of carbonyl (C=O) groups is 2. The molecule has 0 radical (unpaired) electrons. The molecule has 0 aromatic heterocycles. The number of aromatic hydroxyl groups is 2. The molecular weight excluding hydrogens is 735 g/mol. The van der Waals surface area contributed by atoms with Crippen molar-refractivity contribution in [2.75, 3.05) is 47.0 Å². The number of benzene rings is 3. The summed E-state index contributed by atoms with van der Waals surface area (Å²) in [4.78, 5) is 31.5. The molecule has 0 amide bonds. The molecule has 7 aliphatic rings. The zero-order chi connectivity index (χ0) is 38.8. The minimum Gasteiger partial charge on any atom is -0.616 e. The lowest BCUT2D eigenvalue weighted by molar-refractivity contribution is -0.187. The SMILES string of the molecule is COc1cc2c(cc1O)CCN[C@]21C[S+]([O-])[C@@H]2c3c(OC(C)=O)c(C)c4c(c3[C@H](COC1=O)N1[C@@H]2[C@@H]2c3c(cc(C)c(OC)c3O)C[C@H]([C@@H]1O)N2C)OCO4. The van der Waals surface area contributed by atoms with Gasteiger partial charge < -0.3 is 48.3 Å². The first-order valence-electron chi connectivity index (χ1n) is 18.2. The third-order valence-corrected chi connectivity index (χ3v) is 14.2. The molecule has 3 aromatic rings. The number of likely N-dealkylation sites (N-methyl/N-ethyl adjacent to an activating group) is 1. The fourth-order valence-electron chi connectivity index (χ4n) is 10.2. The van der Waals surface area contributed by atoms with Gasteiger partial charge in [-0.1, -0.05) is 6.07 Å². The van der Waals surface area contributed by atoms with E-state index in [2.05, 4.69) is 5.32 Å². The Bertz CT molecular complexity index is 2160. The van der Waals surface area contributed by atoms with E-state index in [0.717, 1.165) is 11.1 Å². The zero-order valence-corrected chi connectivity index (χ0v) is 32.1. The molecule has 10 rings (SSSR count). The maximum Gasteiger partial charge on any atom is 0.336 e.